The SMILES string of the molecule is C[C@@H]1CN(c2cccc(-c3nc(NC(=O)CNC(=O)c4ccn(S(C)(=O)=O)c4)sc3F)c2)C[C@H](C)O1. The molecule has 2 atom stereocenters. The Kier molecular flexibility index (Phi) is 7.43. The van der Waals surface area contributed by atoms with Gasteiger partial charge in [-0.2, -0.15) is 4.39 Å². The van der Waals surface area contributed by atoms with E-state index in [1.807, 2.05) is 32.0 Å². The monoisotopic (exact) mass is 535 g/mol. The number of nitrogens with zero attached hydrogens (tertiary/aromatic N) is 3. The van der Waals surface area contributed by atoms with E-state index in [0.29, 0.717) is 16.9 Å². The molecule has 2 N–H and O–H groups in total. The lowest BCUT2D eigenvalue weighted by Gasteiger charge is -2.37. The van der Waals surface area contributed by atoms with Gasteiger partial charge in [0, 0.05) is 36.7 Å². The molecule has 4 rings (SSSR count). The fourth-order valence-electron chi connectivity index (χ4n) is 3.92. The van der Waals surface area contributed by atoms with E-state index in [1.165, 1.54) is 12.3 Å². The van der Waals surface area contributed by atoms with Crippen LogP contribution in [-0.4, -0.2) is 67.3 Å². The number of ether oxygens (including phenoxy) is 1. The molecular formula is C23H26FN5O5S2. The zero-order valence-electron chi connectivity index (χ0n) is 19.9. The Morgan fingerprint density at radius 2 is 1.94 bits per heavy atom. The van der Waals surface area contributed by atoms with Crippen molar-refractivity contribution in [2.75, 3.05) is 36.1 Å². The molecule has 0 radical (unpaired) electrons. The molecule has 192 valence electrons. The molecule has 3 aromatic rings. The number of carbonyl (C=O) groups excluding carboxylic acids is 2. The van der Waals surface area contributed by atoms with Crippen LogP contribution in [0.3, 0.4) is 0 Å². The number of rotatable bonds is 7. The zero-order valence-corrected chi connectivity index (χ0v) is 21.5. The van der Waals surface area contributed by atoms with Crippen LogP contribution in [-0.2, 0) is 19.6 Å². The number of thiazole rings is 1. The van der Waals surface area contributed by atoms with Crippen LogP contribution in [0.4, 0.5) is 15.2 Å². The molecule has 2 amide bonds. The van der Waals surface area contributed by atoms with Crippen molar-refractivity contribution in [3.8, 4) is 11.3 Å². The Bertz CT molecular complexity index is 1380. The van der Waals surface area contributed by atoms with Crippen LogP contribution in [0.5, 0.6) is 0 Å². The van der Waals surface area contributed by atoms with Crippen molar-refractivity contribution in [2.24, 2.45) is 0 Å². The molecule has 1 fully saturated rings. The number of nitrogens with one attached hydrogen (secondary N) is 2. The molecule has 13 heteroatoms. The summed E-state index contributed by atoms with van der Waals surface area (Å²) in [4.78, 5) is 30.9. The molecule has 0 aliphatic carbocycles. The summed E-state index contributed by atoms with van der Waals surface area (Å²) in [5, 5.41) is 4.40. The first-order valence-electron chi connectivity index (χ1n) is 11.1. The molecule has 0 bridgehead atoms. The third-order valence-corrected chi connectivity index (χ3v) is 7.21. The van der Waals surface area contributed by atoms with Crippen LogP contribution in [0.15, 0.2) is 42.7 Å². The summed E-state index contributed by atoms with van der Waals surface area (Å²) in [6.45, 7) is 5.06. The highest BCUT2D eigenvalue weighted by atomic mass is 32.2. The number of carbonyl (C=O) groups is 2. The number of hydrogen-bond donors (Lipinski definition) is 2. The van der Waals surface area contributed by atoms with Gasteiger partial charge in [0.1, 0.15) is 5.69 Å². The first kappa shape index (κ1) is 25.8. The van der Waals surface area contributed by atoms with Crippen LogP contribution >= 0.6 is 11.3 Å². The van der Waals surface area contributed by atoms with Crippen molar-refractivity contribution >= 4 is 44.0 Å². The van der Waals surface area contributed by atoms with E-state index in [2.05, 4.69) is 20.5 Å². The normalized spacial score (nSPS) is 18.2. The maximum absolute atomic E-state index is 14.7. The van der Waals surface area contributed by atoms with Gasteiger partial charge in [-0.3, -0.25) is 13.6 Å². The lowest BCUT2D eigenvalue weighted by molar-refractivity contribution is -0.115. The number of amides is 2. The highest BCUT2D eigenvalue weighted by Gasteiger charge is 2.23. The fourth-order valence-corrected chi connectivity index (χ4v) is 5.23. The third kappa shape index (κ3) is 6.09. The highest BCUT2D eigenvalue weighted by Crippen LogP contribution is 2.32. The van der Waals surface area contributed by atoms with Crippen molar-refractivity contribution < 1.29 is 27.1 Å². The molecule has 1 aromatic carbocycles. The second-order valence-electron chi connectivity index (χ2n) is 8.58. The van der Waals surface area contributed by atoms with Crippen LogP contribution in [0, 0.1) is 5.13 Å². The van der Waals surface area contributed by atoms with E-state index in [-0.39, 0.29) is 28.6 Å². The van der Waals surface area contributed by atoms with Gasteiger partial charge in [-0.05, 0) is 32.0 Å². The summed E-state index contributed by atoms with van der Waals surface area (Å²) >= 11 is 0.690. The Balaban J connectivity index is 1.39. The Labute approximate surface area is 212 Å². The topological polar surface area (TPSA) is 123 Å². The molecule has 1 saturated heterocycles. The van der Waals surface area contributed by atoms with Crippen molar-refractivity contribution in [3.05, 3.63) is 53.4 Å². The van der Waals surface area contributed by atoms with Crippen molar-refractivity contribution in [1.29, 1.82) is 0 Å². The van der Waals surface area contributed by atoms with Gasteiger partial charge >= 0.3 is 0 Å². The van der Waals surface area contributed by atoms with Crippen molar-refractivity contribution in [2.45, 2.75) is 26.1 Å². The Morgan fingerprint density at radius 3 is 2.61 bits per heavy atom. The fraction of sp³-hybridized carbons (Fsp3) is 0.348. The van der Waals surface area contributed by atoms with Crippen LogP contribution in [0.25, 0.3) is 11.3 Å². The minimum absolute atomic E-state index is 0.0593. The van der Waals surface area contributed by atoms with Gasteiger partial charge in [-0.25, -0.2) is 13.4 Å². The first-order chi connectivity index (χ1) is 17.0. The summed E-state index contributed by atoms with van der Waals surface area (Å²) < 4.78 is 44.4. The molecule has 36 heavy (non-hydrogen) atoms. The molecule has 1 aliphatic rings. The largest absolute Gasteiger partial charge is 0.372 e. The van der Waals surface area contributed by atoms with Gasteiger partial charge in [-0.15, -0.1) is 0 Å². The van der Waals surface area contributed by atoms with Gasteiger partial charge in [-0.1, -0.05) is 23.5 Å². The summed E-state index contributed by atoms with van der Waals surface area (Å²) in [6.07, 6.45) is 3.55. The Hall–Kier alpha value is -3.29. The molecule has 0 spiro atoms. The minimum Gasteiger partial charge on any atom is -0.372 e. The predicted octanol–water partition coefficient (Wildman–Crippen LogP) is 2.54. The second-order valence-corrected chi connectivity index (χ2v) is 11.4. The van der Waals surface area contributed by atoms with Crippen molar-refractivity contribution in [1.82, 2.24) is 14.3 Å². The van der Waals surface area contributed by atoms with Gasteiger partial charge < -0.3 is 20.3 Å². The van der Waals surface area contributed by atoms with E-state index in [1.54, 1.807) is 6.07 Å². The molecular weight excluding hydrogens is 509 g/mol. The van der Waals surface area contributed by atoms with Crippen molar-refractivity contribution in [3.63, 3.8) is 0 Å². The van der Waals surface area contributed by atoms with Gasteiger partial charge in [0.05, 0.1) is 30.6 Å². The predicted molar refractivity (Wildman–Crippen MR) is 135 cm³/mol. The highest BCUT2D eigenvalue weighted by molar-refractivity contribution is 7.89. The summed E-state index contributed by atoms with van der Waals surface area (Å²) in [7, 11) is -3.52. The third-order valence-electron chi connectivity index (χ3n) is 5.46. The zero-order chi connectivity index (χ0) is 26.0. The average Bonchev–Trinajstić information content (AvgIpc) is 3.44. The number of morpholine rings is 1. The lowest BCUT2D eigenvalue weighted by Crippen LogP contribution is -2.45. The maximum atomic E-state index is 14.7. The second kappa shape index (κ2) is 10.4. The van der Waals surface area contributed by atoms with Gasteiger partial charge in [0.25, 0.3) is 5.91 Å². The molecule has 2 aromatic heterocycles. The quantitative estimate of drug-likeness (QED) is 0.477. The smallest absolute Gasteiger partial charge is 0.253 e. The molecule has 1 aliphatic heterocycles. The van der Waals surface area contributed by atoms with E-state index in [0.717, 1.165) is 35.2 Å². The first-order valence-corrected chi connectivity index (χ1v) is 13.8. The molecule has 0 saturated carbocycles. The van der Waals surface area contributed by atoms with Crippen LogP contribution < -0.4 is 15.5 Å². The summed E-state index contributed by atoms with van der Waals surface area (Å²) in [5.74, 6) is -1.22. The van der Waals surface area contributed by atoms with E-state index >= 15 is 0 Å². The van der Waals surface area contributed by atoms with E-state index in [4.69, 9.17) is 4.74 Å². The number of hydrogen-bond acceptors (Lipinski definition) is 8. The van der Waals surface area contributed by atoms with Gasteiger partial charge in [0.15, 0.2) is 5.13 Å². The van der Waals surface area contributed by atoms with E-state index < -0.39 is 33.5 Å². The Morgan fingerprint density at radius 1 is 1.22 bits per heavy atom. The van der Waals surface area contributed by atoms with Gasteiger partial charge in [0.2, 0.25) is 21.1 Å². The molecule has 3 heterocycles. The van der Waals surface area contributed by atoms with E-state index in [9.17, 15) is 22.4 Å². The standard InChI is InChI=1S/C23H26FN5O5S2/c1-14-11-28(12-15(2)34-14)18-6-4-5-16(9-18)20-21(24)35-23(27-20)26-19(30)10-25-22(31)17-7-8-29(13-17)36(3,32)33/h4-9,13-15H,10-12H2,1-3H3,(H,25,31)(H,26,27,30)/t14-,15+. The maximum Gasteiger partial charge on any atom is 0.253 e. The average molecular weight is 536 g/mol. The molecule has 10 nitrogen and oxygen atoms in total. The minimum atomic E-state index is -3.52. The number of aromatic nitrogens is 2. The summed E-state index contributed by atoms with van der Waals surface area (Å²) in [5.41, 5.74) is 1.72. The van der Waals surface area contributed by atoms with Crippen LogP contribution in [0.1, 0.15) is 24.2 Å². The number of anilines is 2. The number of benzene rings is 1. The number of halogens is 1. The van der Waals surface area contributed by atoms with Crippen LogP contribution in [0.2, 0.25) is 0 Å². The summed E-state index contributed by atoms with van der Waals surface area (Å²) in [6, 6.07) is 8.72. The lowest BCUT2D eigenvalue weighted by atomic mass is 10.1. The molecule has 0 unspecified atom stereocenters.